The summed E-state index contributed by atoms with van der Waals surface area (Å²) in [7, 11) is 1.82. The molecule has 0 radical (unpaired) electrons. The molecule has 2 N–H and O–H groups in total. The highest BCUT2D eigenvalue weighted by Crippen LogP contribution is 2.36. The normalized spacial score (nSPS) is 18.8. The van der Waals surface area contributed by atoms with Crippen LogP contribution in [0.15, 0.2) is 24.3 Å². The first-order chi connectivity index (χ1) is 15.2. The number of amides is 1. The molecule has 172 valence electrons. The number of hydrogen-bond acceptors (Lipinski definition) is 6. The van der Waals surface area contributed by atoms with Gasteiger partial charge in [-0.25, -0.2) is 9.78 Å². The molecule has 0 bridgehead atoms. The summed E-state index contributed by atoms with van der Waals surface area (Å²) in [6.45, 7) is 7.20. The second-order valence-corrected chi connectivity index (χ2v) is 9.93. The Labute approximate surface area is 191 Å². The maximum atomic E-state index is 12.6. The van der Waals surface area contributed by atoms with Crippen LogP contribution in [0.1, 0.15) is 57.6 Å². The van der Waals surface area contributed by atoms with E-state index in [4.69, 9.17) is 20.4 Å². The number of likely N-dealkylation sites (N-methyl/N-ethyl adjacent to an activating group) is 1. The van der Waals surface area contributed by atoms with Crippen molar-refractivity contribution in [3.8, 4) is 11.3 Å². The maximum absolute atomic E-state index is 12.6. The molecule has 1 aliphatic carbocycles. The second kappa shape index (κ2) is 8.96. The van der Waals surface area contributed by atoms with E-state index < -0.39 is 5.60 Å². The van der Waals surface area contributed by atoms with E-state index in [1.54, 1.807) is 4.90 Å². The summed E-state index contributed by atoms with van der Waals surface area (Å²) in [5, 5.41) is 0. The average molecular weight is 438 g/mol. The number of anilines is 2. The number of rotatable bonds is 2. The molecule has 0 spiro atoms. The zero-order valence-corrected chi connectivity index (χ0v) is 19.7. The first kappa shape index (κ1) is 22.4. The molecule has 1 atom stereocenters. The monoisotopic (exact) mass is 437 g/mol. The number of carbonyl (C=O) groups excluding carboxylic acids is 1. The van der Waals surface area contributed by atoms with Gasteiger partial charge in [0.15, 0.2) is 0 Å². The number of hydrogen-bond donors (Lipinski definition) is 1. The molecule has 1 fully saturated rings. The Morgan fingerprint density at radius 1 is 1.16 bits per heavy atom. The fourth-order valence-electron chi connectivity index (χ4n) is 4.70. The van der Waals surface area contributed by atoms with E-state index in [-0.39, 0.29) is 12.1 Å². The molecule has 2 aromatic rings. The first-order valence-corrected chi connectivity index (χ1v) is 11.7. The van der Waals surface area contributed by atoms with Crippen LogP contribution in [0.5, 0.6) is 0 Å². The molecule has 1 aromatic carbocycles. The van der Waals surface area contributed by atoms with Crippen molar-refractivity contribution in [3.05, 3.63) is 35.4 Å². The van der Waals surface area contributed by atoms with Crippen LogP contribution >= 0.6 is 0 Å². The molecule has 2 aliphatic rings. The van der Waals surface area contributed by atoms with Crippen LogP contribution in [0.4, 0.5) is 16.6 Å². The Bertz CT molecular complexity index is 985. The lowest BCUT2D eigenvalue weighted by Crippen LogP contribution is -2.42. The van der Waals surface area contributed by atoms with Crippen molar-refractivity contribution >= 4 is 17.9 Å². The minimum absolute atomic E-state index is 0.0697. The van der Waals surface area contributed by atoms with Gasteiger partial charge < -0.3 is 20.3 Å². The molecule has 7 heteroatoms. The van der Waals surface area contributed by atoms with E-state index in [1.807, 2.05) is 27.8 Å². The van der Waals surface area contributed by atoms with Crippen LogP contribution in [-0.2, 0) is 17.6 Å². The third kappa shape index (κ3) is 4.81. The molecule has 1 aliphatic heterocycles. The Morgan fingerprint density at radius 3 is 2.69 bits per heavy atom. The predicted molar refractivity (Wildman–Crippen MR) is 128 cm³/mol. The SMILES string of the molecule is CN(C(=O)OC(C)(C)C)[C@@H]1CCN(c2nc(N)nc3c2CCCCCc2ccccc2-3)C1. The molecule has 4 rings (SSSR count). The van der Waals surface area contributed by atoms with Gasteiger partial charge in [0.25, 0.3) is 0 Å². The number of aryl methyl sites for hydroxylation is 1. The van der Waals surface area contributed by atoms with Crippen molar-refractivity contribution in [2.45, 2.75) is 70.9 Å². The fraction of sp³-hybridized carbons (Fsp3) is 0.560. The Kier molecular flexibility index (Phi) is 6.26. The number of aromatic nitrogens is 2. The number of nitrogens with two attached hydrogens (primary N) is 1. The van der Waals surface area contributed by atoms with Gasteiger partial charge in [0, 0.05) is 31.3 Å². The lowest BCUT2D eigenvalue weighted by atomic mass is 9.97. The largest absolute Gasteiger partial charge is 0.444 e. The van der Waals surface area contributed by atoms with E-state index in [9.17, 15) is 4.79 Å². The van der Waals surface area contributed by atoms with Crippen LogP contribution in [0, 0.1) is 0 Å². The maximum Gasteiger partial charge on any atom is 0.410 e. The summed E-state index contributed by atoms with van der Waals surface area (Å²) in [5.41, 5.74) is 10.3. The van der Waals surface area contributed by atoms with Gasteiger partial charge in [0.05, 0.1) is 11.7 Å². The molecule has 32 heavy (non-hydrogen) atoms. The zero-order chi connectivity index (χ0) is 22.9. The summed E-state index contributed by atoms with van der Waals surface area (Å²) < 4.78 is 5.57. The third-order valence-electron chi connectivity index (χ3n) is 6.34. The van der Waals surface area contributed by atoms with Gasteiger partial charge in [-0.3, -0.25) is 0 Å². The zero-order valence-electron chi connectivity index (χ0n) is 19.7. The summed E-state index contributed by atoms with van der Waals surface area (Å²) >= 11 is 0. The van der Waals surface area contributed by atoms with Crippen LogP contribution in [0.3, 0.4) is 0 Å². The summed E-state index contributed by atoms with van der Waals surface area (Å²) in [4.78, 5) is 26.0. The Morgan fingerprint density at radius 2 is 1.91 bits per heavy atom. The van der Waals surface area contributed by atoms with Gasteiger partial charge in [0.1, 0.15) is 11.4 Å². The Hall–Kier alpha value is -2.83. The smallest absolute Gasteiger partial charge is 0.410 e. The van der Waals surface area contributed by atoms with Crippen LogP contribution < -0.4 is 10.6 Å². The highest BCUT2D eigenvalue weighted by atomic mass is 16.6. The predicted octanol–water partition coefficient (Wildman–Crippen LogP) is 4.44. The quantitative estimate of drug-likeness (QED) is 0.748. The number of carbonyl (C=O) groups is 1. The van der Waals surface area contributed by atoms with Crippen LogP contribution in [0.25, 0.3) is 11.3 Å². The highest BCUT2D eigenvalue weighted by Gasteiger charge is 2.33. The number of fused-ring (bicyclic) bond motifs is 3. The van der Waals surface area contributed by atoms with Crippen molar-refractivity contribution in [2.24, 2.45) is 0 Å². The van der Waals surface area contributed by atoms with Gasteiger partial charge in [-0.1, -0.05) is 30.7 Å². The summed E-state index contributed by atoms with van der Waals surface area (Å²) in [6, 6.07) is 8.59. The minimum Gasteiger partial charge on any atom is -0.444 e. The summed E-state index contributed by atoms with van der Waals surface area (Å²) in [5.74, 6) is 1.22. The molecular formula is C25H35N5O2. The topological polar surface area (TPSA) is 84.6 Å². The molecular weight excluding hydrogens is 402 g/mol. The van der Waals surface area contributed by atoms with Gasteiger partial charge in [0.2, 0.25) is 5.95 Å². The molecule has 7 nitrogen and oxygen atoms in total. The third-order valence-corrected chi connectivity index (χ3v) is 6.34. The van der Waals surface area contributed by atoms with E-state index >= 15 is 0 Å². The second-order valence-electron chi connectivity index (χ2n) is 9.93. The molecule has 1 amide bonds. The van der Waals surface area contributed by atoms with Crippen LogP contribution in [0.2, 0.25) is 0 Å². The summed E-state index contributed by atoms with van der Waals surface area (Å²) in [6.07, 6.45) is 6.04. The van der Waals surface area contributed by atoms with Crippen LogP contribution in [-0.4, -0.2) is 52.7 Å². The van der Waals surface area contributed by atoms with Crippen molar-refractivity contribution in [3.63, 3.8) is 0 Å². The first-order valence-electron chi connectivity index (χ1n) is 11.7. The molecule has 2 heterocycles. The van der Waals surface area contributed by atoms with Crippen molar-refractivity contribution in [1.29, 1.82) is 0 Å². The molecule has 1 saturated heterocycles. The standard InChI is InChI=1S/C25H35N5O2/c1-25(2,3)32-24(31)29(4)18-14-15-30(16-18)22-20-13-7-5-6-10-17-11-8-9-12-19(17)21(20)27-23(26)28-22/h8-9,11-12,18H,5-7,10,13-16H2,1-4H3,(H2,26,27,28)/t18-/m1/s1. The molecule has 0 saturated carbocycles. The van der Waals surface area contributed by atoms with E-state index in [2.05, 4.69) is 29.2 Å². The lowest BCUT2D eigenvalue weighted by molar-refractivity contribution is 0.0238. The van der Waals surface area contributed by atoms with Gasteiger partial charge in [-0.2, -0.15) is 4.98 Å². The van der Waals surface area contributed by atoms with Crippen molar-refractivity contribution in [1.82, 2.24) is 14.9 Å². The van der Waals surface area contributed by atoms with Gasteiger partial charge in [-0.15, -0.1) is 0 Å². The molecule has 1 aromatic heterocycles. The fourth-order valence-corrected chi connectivity index (χ4v) is 4.70. The van der Waals surface area contributed by atoms with Crippen molar-refractivity contribution < 1.29 is 9.53 Å². The average Bonchev–Trinajstić information content (AvgIpc) is 3.24. The van der Waals surface area contributed by atoms with Gasteiger partial charge in [-0.05, 0) is 58.4 Å². The molecule has 0 unspecified atom stereocenters. The number of nitrogen functional groups attached to an aromatic ring is 1. The van der Waals surface area contributed by atoms with Gasteiger partial charge >= 0.3 is 6.09 Å². The van der Waals surface area contributed by atoms with E-state index in [0.29, 0.717) is 12.5 Å². The number of benzene rings is 1. The lowest BCUT2D eigenvalue weighted by Gasteiger charge is -2.29. The number of nitrogens with zero attached hydrogens (tertiary/aromatic N) is 4. The number of ether oxygens (including phenoxy) is 1. The van der Waals surface area contributed by atoms with Crippen molar-refractivity contribution in [2.75, 3.05) is 30.8 Å². The Balaban J connectivity index is 1.64. The van der Waals surface area contributed by atoms with E-state index in [1.165, 1.54) is 29.5 Å². The minimum atomic E-state index is -0.507. The highest BCUT2D eigenvalue weighted by molar-refractivity contribution is 5.74. The van der Waals surface area contributed by atoms with E-state index in [0.717, 1.165) is 43.7 Å².